The number of hydrogen-bond donors (Lipinski definition) is 1. The van der Waals surface area contributed by atoms with Crippen molar-refractivity contribution in [2.45, 2.75) is 39.5 Å². The summed E-state index contributed by atoms with van der Waals surface area (Å²) in [5.74, 6) is 0.0620. The number of halogens is 3. The third-order valence-electron chi connectivity index (χ3n) is 2.91. The van der Waals surface area contributed by atoms with Crippen LogP contribution in [0.1, 0.15) is 30.9 Å². The first-order valence-electron chi connectivity index (χ1n) is 6.44. The number of imidazole rings is 1. The monoisotopic (exact) mass is 299 g/mol. The van der Waals surface area contributed by atoms with Gasteiger partial charge in [-0.15, -0.1) is 0 Å². The average Bonchev–Trinajstić information content (AvgIpc) is 2.86. The van der Waals surface area contributed by atoms with Crippen molar-refractivity contribution in [2.24, 2.45) is 0 Å². The van der Waals surface area contributed by atoms with Gasteiger partial charge in [0, 0.05) is 17.9 Å². The van der Waals surface area contributed by atoms with E-state index in [0.29, 0.717) is 6.54 Å². The van der Waals surface area contributed by atoms with Crippen LogP contribution in [0.15, 0.2) is 18.6 Å². The number of nitrogens with zero attached hydrogens (tertiary/aromatic N) is 4. The van der Waals surface area contributed by atoms with Crippen LogP contribution in [0.3, 0.4) is 0 Å². The minimum atomic E-state index is -4.49. The summed E-state index contributed by atoms with van der Waals surface area (Å²) in [5.41, 5.74) is 0.130. The van der Waals surface area contributed by atoms with E-state index in [-0.39, 0.29) is 17.7 Å². The molecule has 0 fully saturated rings. The molecule has 2 rings (SSSR count). The van der Waals surface area contributed by atoms with Crippen molar-refractivity contribution >= 4 is 5.95 Å². The van der Waals surface area contributed by atoms with Crippen molar-refractivity contribution in [1.29, 1.82) is 0 Å². The van der Waals surface area contributed by atoms with E-state index in [9.17, 15) is 13.2 Å². The van der Waals surface area contributed by atoms with Crippen LogP contribution in [-0.2, 0) is 12.7 Å². The molecule has 0 saturated carbocycles. The van der Waals surface area contributed by atoms with Crippen molar-refractivity contribution < 1.29 is 13.2 Å². The average molecular weight is 299 g/mol. The van der Waals surface area contributed by atoms with Crippen molar-refractivity contribution in [2.75, 3.05) is 4.90 Å². The molecule has 2 heterocycles. The minimum Gasteiger partial charge on any atom is -0.347 e. The Labute approximate surface area is 120 Å². The van der Waals surface area contributed by atoms with Crippen molar-refractivity contribution in [3.8, 4) is 0 Å². The van der Waals surface area contributed by atoms with Gasteiger partial charge in [-0.2, -0.15) is 13.2 Å². The first-order valence-corrected chi connectivity index (χ1v) is 6.44. The number of alkyl halides is 3. The minimum absolute atomic E-state index is 0.0591. The van der Waals surface area contributed by atoms with Gasteiger partial charge >= 0.3 is 6.18 Å². The van der Waals surface area contributed by atoms with E-state index in [1.54, 1.807) is 11.1 Å². The molecule has 0 atom stereocenters. The maximum absolute atomic E-state index is 12.9. The smallest absolute Gasteiger partial charge is 0.347 e. The molecule has 1 N–H and O–H groups in total. The van der Waals surface area contributed by atoms with E-state index in [2.05, 4.69) is 19.9 Å². The highest BCUT2D eigenvalue weighted by atomic mass is 19.4. The third kappa shape index (κ3) is 3.71. The fraction of sp³-hybridized carbons (Fsp3) is 0.462. The van der Waals surface area contributed by atoms with Crippen molar-refractivity contribution in [3.05, 3.63) is 35.7 Å². The summed E-state index contributed by atoms with van der Waals surface area (Å²) in [5, 5.41) is 0. The van der Waals surface area contributed by atoms with E-state index in [4.69, 9.17) is 0 Å². The molecule has 0 radical (unpaired) electrons. The maximum atomic E-state index is 12.9. The summed E-state index contributed by atoms with van der Waals surface area (Å²) >= 11 is 0. The SMILES string of the molecule is Cc1cc(C(F)(F)F)nc(N(Cc2cnc[nH]2)C(C)C)n1. The molecular weight excluding hydrogens is 283 g/mol. The van der Waals surface area contributed by atoms with Crippen LogP contribution in [-0.4, -0.2) is 26.0 Å². The molecular formula is C13H16F3N5. The van der Waals surface area contributed by atoms with Crippen LogP contribution in [0.4, 0.5) is 19.1 Å². The molecule has 0 aromatic carbocycles. The summed E-state index contributed by atoms with van der Waals surface area (Å²) in [6, 6.07) is 0.884. The van der Waals surface area contributed by atoms with Gasteiger partial charge < -0.3 is 9.88 Å². The Balaban J connectivity index is 2.38. The molecule has 0 saturated heterocycles. The highest BCUT2D eigenvalue weighted by molar-refractivity contribution is 5.35. The standard InChI is InChI=1S/C13H16F3N5/c1-8(2)21(6-10-5-17-7-18-10)12-19-9(3)4-11(20-12)13(14,15)16/h4-5,7-8H,6H2,1-3H3,(H,17,18). The first-order chi connectivity index (χ1) is 9.77. The predicted octanol–water partition coefficient (Wildman–Crippen LogP) is 2.94. The summed E-state index contributed by atoms with van der Waals surface area (Å²) < 4.78 is 38.6. The molecule has 0 unspecified atom stereocenters. The lowest BCUT2D eigenvalue weighted by Gasteiger charge is -2.27. The number of aromatic nitrogens is 4. The van der Waals surface area contributed by atoms with Crippen molar-refractivity contribution in [1.82, 2.24) is 19.9 Å². The van der Waals surface area contributed by atoms with Gasteiger partial charge in [0.2, 0.25) is 5.95 Å². The molecule has 114 valence electrons. The van der Waals surface area contributed by atoms with Crippen LogP contribution < -0.4 is 4.90 Å². The Morgan fingerprint density at radius 2 is 2.00 bits per heavy atom. The number of nitrogens with one attached hydrogen (secondary N) is 1. The fourth-order valence-corrected chi connectivity index (χ4v) is 1.87. The van der Waals surface area contributed by atoms with E-state index in [0.717, 1.165) is 11.8 Å². The molecule has 0 bridgehead atoms. The Kier molecular flexibility index (Phi) is 4.15. The second kappa shape index (κ2) is 5.71. The summed E-state index contributed by atoms with van der Waals surface area (Å²) in [6.45, 7) is 5.62. The predicted molar refractivity (Wildman–Crippen MR) is 71.7 cm³/mol. The lowest BCUT2D eigenvalue weighted by Crippen LogP contribution is -2.32. The van der Waals surface area contributed by atoms with Gasteiger partial charge in [-0.25, -0.2) is 15.0 Å². The first kappa shape index (κ1) is 15.3. The van der Waals surface area contributed by atoms with Crippen molar-refractivity contribution in [3.63, 3.8) is 0 Å². The highest BCUT2D eigenvalue weighted by Gasteiger charge is 2.34. The molecule has 2 aromatic rings. The zero-order valence-corrected chi connectivity index (χ0v) is 11.9. The zero-order valence-electron chi connectivity index (χ0n) is 11.9. The number of rotatable bonds is 4. The maximum Gasteiger partial charge on any atom is 0.433 e. The van der Waals surface area contributed by atoms with E-state index >= 15 is 0 Å². The molecule has 0 amide bonds. The van der Waals surface area contributed by atoms with Crippen LogP contribution in [0.5, 0.6) is 0 Å². The van der Waals surface area contributed by atoms with Gasteiger partial charge in [0.05, 0.1) is 18.6 Å². The molecule has 0 aliphatic carbocycles. The van der Waals surface area contributed by atoms with Crippen LogP contribution in [0.2, 0.25) is 0 Å². The summed E-state index contributed by atoms with van der Waals surface area (Å²) in [4.78, 5) is 16.3. The second-order valence-electron chi connectivity index (χ2n) is 4.99. The van der Waals surface area contributed by atoms with E-state index in [1.807, 2.05) is 13.8 Å². The number of aryl methyl sites for hydroxylation is 1. The van der Waals surface area contributed by atoms with Gasteiger partial charge in [0.25, 0.3) is 0 Å². The Morgan fingerprint density at radius 3 is 2.52 bits per heavy atom. The molecule has 0 spiro atoms. The fourth-order valence-electron chi connectivity index (χ4n) is 1.87. The van der Waals surface area contributed by atoms with E-state index < -0.39 is 11.9 Å². The summed E-state index contributed by atoms with van der Waals surface area (Å²) in [6.07, 6.45) is -1.35. The normalized spacial score (nSPS) is 12.0. The van der Waals surface area contributed by atoms with Gasteiger partial charge in [0.1, 0.15) is 5.69 Å². The molecule has 0 aliphatic heterocycles. The topological polar surface area (TPSA) is 57.7 Å². The Hall–Kier alpha value is -2.12. The number of anilines is 1. The molecule has 21 heavy (non-hydrogen) atoms. The van der Waals surface area contributed by atoms with E-state index in [1.165, 1.54) is 13.3 Å². The van der Waals surface area contributed by atoms with Gasteiger partial charge in [0.15, 0.2) is 0 Å². The highest BCUT2D eigenvalue weighted by Crippen LogP contribution is 2.29. The number of aromatic amines is 1. The van der Waals surface area contributed by atoms with Gasteiger partial charge in [-0.1, -0.05) is 0 Å². The second-order valence-corrected chi connectivity index (χ2v) is 4.99. The third-order valence-corrected chi connectivity index (χ3v) is 2.91. The lowest BCUT2D eigenvalue weighted by atomic mass is 10.3. The van der Waals surface area contributed by atoms with Gasteiger partial charge in [-0.05, 0) is 26.8 Å². The summed E-state index contributed by atoms with van der Waals surface area (Å²) in [7, 11) is 0. The number of hydrogen-bond acceptors (Lipinski definition) is 4. The Bertz CT molecular complexity index is 592. The van der Waals surface area contributed by atoms with Crippen LogP contribution >= 0.6 is 0 Å². The lowest BCUT2D eigenvalue weighted by molar-refractivity contribution is -0.141. The molecule has 5 nitrogen and oxygen atoms in total. The quantitative estimate of drug-likeness (QED) is 0.943. The molecule has 8 heteroatoms. The molecule has 2 aromatic heterocycles. The van der Waals surface area contributed by atoms with Gasteiger partial charge in [-0.3, -0.25) is 0 Å². The molecule has 0 aliphatic rings. The largest absolute Gasteiger partial charge is 0.433 e. The van der Waals surface area contributed by atoms with Crippen LogP contribution in [0, 0.1) is 6.92 Å². The Morgan fingerprint density at radius 1 is 1.29 bits per heavy atom. The van der Waals surface area contributed by atoms with Crippen LogP contribution in [0.25, 0.3) is 0 Å². The number of H-pyrrole nitrogens is 1. The zero-order chi connectivity index (χ0) is 15.6.